The van der Waals surface area contributed by atoms with Gasteiger partial charge in [-0.2, -0.15) is 0 Å². The number of hydrogen-bond acceptors (Lipinski definition) is 4. The molecule has 0 aromatic heterocycles. The summed E-state index contributed by atoms with van der Waals surface area (Å²) in [6.45, 7) is 1.39. The molecule has 4 rings (SSSR count). The number of urea groups is 1. The molecule has 0 atom stereocenters. The van der Waals surface area contributed by atoms with Crippen molar-refractivity contribution in [1.29, 1.82) is 0 Å². The molecule has 1 fully saturated rings. The predicted octanol–water partition coefficient (Wildman–Crippen LogP) is 2.84. The largest absolute Gasteiger partial charge is 0.454 e. The van der Waals surface area contributed by atoms with Crippen LogP contribution in [0.5, 0.6) is 11.5 Å². The van der Waals surface area contributed by atoms with Gasteiger partial charge in [-0.3, -0.25) is 4.79 Å². The van der Waals surface area contributed by atoms with Crippen molar-refractivity contribution in [2.24, 2.45) is 0 Å². The number of amides is 3. The molecule has 0 spiro atoms. The van der Waals surface area contributed by atoms with E-state index in [1.54, 1.807) is 35.2 Å². The molecule has 2 aromatic rings. The van der Waals surface area contributed by atoms with E-state index < -0.39 is 0 Å². The molecule has 27 heavy (non-hydrogen) atoms. The van der Waals surface area contributed by atoms with Gasteiger partial charge in [0.25, 0.3) is 5.91 Å². The Morgan fingerprint density at radius 3 is 2.48 bits per heavy atom. The van der Waals surface area contributed by atoms with Gasteiger partial charge in [0.1, 0.15) is 0 Å². The zero-order valence-electron chi connectivity index (χ0n) is 14.8. The standard InChI is InChI=1S/C20H21N3O4/c24-19(14-4-2-1-3-5-14)21-15-8-10-23(11-9-15)20(25)22-16-6-7-17-18(12-16)27-13-26-17/h1-7,12,15H,8-11,13H2,(H,21,24)(H,22,25). The minimum absolute atomic E-state index is 0.0705. The highest BCUT2D eigenvalue weighted by atomic mass is 16.7. The molecule has 2 aliphatic heterocycles. The zero-order chi connectivity index (χ0) is 18.6. The zero-order valence-corrected chi connectivity index (χ0v) is 14.8. The maximum Gasteiger partial charge on any atom is 0.321 e. The molecule has 2 heterocycles. The highest BCUT2D eigenvalue weighted by Crippen LogP contribution is 2.34. The number of likely N-dealkylation sites (tertiary alicyclic amines) is 1. The van der Waals surface area contributed by atoms with Crippen LogP contribution < -0.4 is 20.1 Å². The van der Waals surface area contributed by atoms with Gasteiger partial charge in [0, 0.05) is 36.4 Å². The minimum atomic E-state index is -0.151. The summed E-state index contributed by atoms with van der Waals surface area (Å²) in [5.41, 5.74) is 1.32. The highest BCUT2D eigenvalue weighted by molar-refractivity contribution is 5.94. The maximum atomic E-state index is 12.5. The van der Waals surface area contributed by atoms with Gasteiger partial charge in [-0.25, -0.2) is 4.79 Å². The fourth-order valence-electron chi connectivity index (χ4n) is 3.26. The third kappa shape index (κ3) is 3.97. The van der Waals surface area contributed by atoms with Gasteiger partial charge in [-0.05, 0) is 37.1 Å². The van der Waals surface area contributed by atoms with Crippen LogP contribution in [0.4, 0.5) is 10.5 Å². The van der Waals surface area contributed by atoms with Crippen molar-refractivity contribution >= 4 is 17.6 Å². The number of benzene rings is 2. The van der Waals surface area contributed by atoms with Crippen LogP contribution in [0.3, 0.4) is 0 Å². The Hall–Kier alpha value is -3.22. The second-order valence-corrected chi connectivity index (χ2v) is 6.60. The first kappa shape index (κ1) is 17.2. The number of nitrogens with one attached hydrogen (secondary N) is 2. The molecule has 0 radical (unpaired) electrons. The van der Waals surface area contributed by atoms with E-state index >= 15 is 0 Å². The lowest BCUT2D eigenvalue weighted by molar-refractivity contribution is 0.0919. The van der Waals surface area contributed by atoms with E-state index in [1.807, 2.05) is 18.2 Å². The molecule has 2 aliphatic rings. The topological polar surface area (TPSA) is 79.9 Å². The van der Waals surface area contributed by atoms with Crippen molar-refractivity contribution in [1.82, 2.24) is 10.2 Å². The van der Waals surface area contributed by atoms with Gasteiger partial charge >= 0.3 is 6.03 Å². The number of piperidine rings is 1. The quantitative estimate of drug-likeness (QED) is 0.874. The normalized spacial score (nSPS) is 16.1. The number of nitrogens with zero attached hydrogens (tertiary/aromatic N) is 1. The van der Waals surface area contributed by atoms with Crippen molar-refractivity contribution in [3.05, 3.63) is 54.1 Å². The Labute approximate surface area is 157 Å². The molecule has 7 nitrogen and oxygen atoms in total. The fraction of sp³-hybridized carbons (Fsp3) is 0.300. The Balaban J connectivity index is 1.27. The summed E-state index contributed by atoms with van der Waals surface area (Å²) in [4.78, 5) is 26.5. The number of carbonyl (C=O) groups excluding carboxylic acids is 2. The van der Waals surface area contributed by atoms with Crippen LogP contribution in [0.25, 0.3) is 0 Å². The Kier molecular flexibility index (Phi) is 4.82. The van der Waals surface area contributed by atoms with Crippen LogP contribution in [-0.2, 0) is 0 Å². The van der Waals surface area contributed by atoms with E-state index in [-0.39, 0.29) is 24.8 Å². The average molecular weight is 367 g/mol. The molecular formula is C20H21N3O4. The van der Waals surface area contributed by atoms with Crippen molar-refractivity contribution in [3.8, 4) is 11.5 Å². The van der Waals surface area contributed by atoms with E-state index in [2.05, 4.69) is 10.6 Å². The summed E-state index contributed by atoms with van der Waals surface area (Å²) in [5, 5.41) is 5.93. The number of rotatable bonds is 3. The lowest BCUT2D eigenvalue weighted by Crippen LogP contribution is -2.47. The molecule has 1 saturated heterocycles. The number of fused-ring (bicyclic) bond motifs is 1. The van der Waals surface area contributed by atoms with Gasteiger partial charge in [0.15, 0.2) is 11.5 Å². The third-order valence-electron chi connectivity index (χ3n) is 4.78. The Morgan fingerprint density at radius 1 is 0.963 bits per heavy atom. The molecule has 0 aliphatic carbocycles. The first-order valence-electron chi connectivity index (χ1n) is 9.00. The second kappa shape index (κ2) is 7.57. The lowest BCUT2D eigenvalue weighted by Gasteiger charge is -2.32. The van der Waals surface area contributed by atoms with Crippen molar-refractivity contribution < 1.29 is 19.1 Å². The first-order valence-corrected chi connectivity index (χ1v) is 9.00. The third-order valence-corrected chi connectivity index (χ3v) is 4.78. The van der Waals surface area contributed by atoms with Gasteiger partial charge in [-0.15, -0.1) is 0 Å². The van der Waals surface area contributed by atoms with Gasteiger partial charge in [-0.1, -0.05) is 18.2 Å². The Bertz CT molecular complexity index is 832. The van der Waals surface area contributed by atoms with Gasteiger partial charge in [0.2, 0.25) is 6.79 Å². The van der Waals surface area contributed by atoms with Crippen LogP contribution in [0, 0.1) is 0 Å². The molecule has 0 saturated carbocycles. The van der Waals surface area contributed by atoms with Crippen LogP contribution in [0.1, 0.15) is 23.2 Å². The van der Waals surface area contributed by atoms with Crippen molar-refractivity contribution in [2.75, 3.05) is 25.2 Å². The molecule has 2 aromatic carbocycles. The monoisotopic (exact) mass is 367 g/mol. The molecule has 2 N–H and O–H groups in total. The average Bonchev–Trinajstić information content (AvgIpc) is 3.17. The molecule has 140 valence electrons. The smallest absolute Gasteiger partial charge is 0.321 e. The van der Waals surface area contributed by atoms with Crippen molar-refractivity contribution in [2.45, 2.75) is 18.9 Å². The van der Waals surface area contributed by atoms with E-state index in [0.717, 1.165) is 12.8 Å². The summed E-state index contributed by atoms with van der Waals surface area (Å²) >= 11 is 0. The van der Waals surface area contributed by atoms with Crippen LogP contribution >= 0.6 is 0 Å². The second-order valence-electron chi connectivity index (χ2n) is 6.60. The summed E-state index contributed by atoms with van der Waals surface area (Å²) in [6.07, 6.45) is 1.46. The summed E-state index contributed by atoms with van der Waals surface area (Å²) in [6, 6.07) is 14.4. The van der Waals surface area contributed by atoms with Gasteiger partial charge in [0.05, 0.1) is 0 Å². The number of hydrogen-bond donors (Lipinski definition) is 2. The summed E-state index contributed by atoms with van der Waals surface area (Å²) in [5.74, 6) is 1.25. The molecule has 3 amide bonds. The molecular weight excluding hydrogens is 346 g/mol. The lowest BCUT2D eigenvalue weighted by atomic mass is 10.0. The number of carbonyl (C=O) groups is 2. The minimum Gasteiger partial charge on any atom is -0.454 e. The molecule has 0 bridgehead atoms. The maximum absolute atomic E-state index is 12.5. The summed E-state index contributed by atoms with van der Waals surface area (Å²) < 4.78 is 10.6. The SMILES string of the molecule is O=C(NC1CCN(C(=O)Nc2ccc3c(c2)OCO3)CC1)c1ccccc1. The summed E-state index contributed by atoms with van der Waals surface area (Å²) in [7, 11) is 0. The van der Waals surface area contributed by atoms with E-state index in [9.17, 15) is 9.59 Å². The van der Waals surface area contributed by atoms with Crippen molar-refractivity contribution in [3.63, 3.8) is 0 Å². The number of ether oxygens (including phenoxy) is 2. The van der Waals surface area contributed by atoms with Crippen LogP contribution in [-0.4, -0.2) is 42.8 Å². The van der Waals surface area contributed by atoms with E-state index in [4.69, 9.17) is 9.47 Å². The Morgan fingerprint density at radius 2 is 1.70 bits per heavy atom. The highest BCUT2D eigenvalue weighted by Gasteiger charge is 2.24. The molecule has 0 unspecified atom stereocenters. The van der Waals surface area contributed by atoms with Crippen LogP contribution in [0.15, 0.2) is 48.5 Å². The fourth-order valence-corrected chi connectivity index (χ4v) is 3.26. The number of anilines is 1. The first-order chi connectivity index (χ1) is 13.2. The van der Waals surface area contributed by atoms with E-state index in [0.29, 0.717) is 35.8 Å². The van der Waals surface area contributed by atoms with Gasteiger partial charge < -0.3 is 25.0 Å². The molecule has 7 heteroatoms. The van der Waals surface area contributed by atoms with E-state index in [1.165, 1.54) is 0 Å². The predicted molar refractivity (Wildman–Crippen MR) is 100 cm³/mol. The van der Waals surface area contributed by atoms with Crippen LogP contribution in [0.2, 0.25) is 0 Å².